The number of guanidine groups is 1. The molecule has 1 aliphatic heterocycles. The van der Waals surface area contributed by atoms with E-state index < -0.39 is 0 Å². The van der Waals surface area contributed by atoms with Gasteiger partial charge in [0, 0.05) is 53.0 Å². The van der Waals surface area contributed by atoms with Crippen molar-refractivity contribution in [3.05, 3.63) is 35.4 Å². The van der Waals surface area contributed by atoms with Gasteiger partial charge >= 0.3 is 0 Å². The van der Waals surface area contributed by atoms with E-state index in [1.165, 1.54) is 36.8 Å². The lowest BCUT2D eigenvalue weighted by atomic mass is 9.83. The molecule has 168 valence electrons. The molecule has 0 unspecified atom stereocenters. The molecule has 2 aliphatic rings. The van der Waals surface area contributed by atoms with Crippen LogP contribution in [0.2, 0.25) is 0 Å². The molecule has 2 N–H and O–H groups in total. The fourth-order valence-electron chi connectivity index (χ4n) is 4.61. The average molecular weight is 417 g/mol. The smallest absolute Gasteiger partial charge is 0.191 e. The summed E-state index contributed by atoms with van der Waals surface area (Å²) in [5.74, 6) is 0.885. The molecule has 0 radical (unpaired) electrons. The van der Waals surface area contributed by atoms with Crippen LogP contribution in [0.4, 0.5) is 0 Å². The Labute approximate surface area is 182 Å². The lowest BCUT2D eigenvalue weighted by Crippen LogP contribution is -2.43. The zero-order valence-corrected chi connectivity index (χ0v) is 18.9. The van der Waals surface area contributed by atoms with Crippen LogP contribution >= 0.6 is 0 Å². The zero-order valence-electron chi connectivity index (χ0n) is 18.9. The summed E-state index contributed by atoms with van der Waals surface area (Å²) in [5.41, 5.74) is 3.00. The lowest BCUT2D eigenvalue weighted by Gasteiger charge is -2.30. The quantitative estimate of drug-likeness (QED) is 0.349. The molecule has 2 fully saturated rings. The van der Waals surface area contributed by atoms with Crippen LogP contribution in [-0.4, -0.2) is 64.0 Å². The molecule has 30 heavy (non-hydrogen) atoms. The summed E-state index contributed by atoms with van der Waals surface area (Å²) in [6.45, 7) is 10.2. The second-order valence-corrected chi connectivity index (χ2v) is 8.64. The second-order valence-electron chi connectivity index (χ2n) is 8.64. The highest BCUT2D eigenvalue weighted by molar-refractivity contribution is 5.79. The number of hydrogen-bond donors (Lipinski definition) is 2. The van der Waals surface area contributed by atoms with Gasteiger partial charge in [-0.2, -0.15) is 0 Å². The fourth-order valence-corrected chi connectivity index (χ4v) is 4.61. The summed E-state index contributed by atoms with van der Waals surface area (Å²) in [7, 11) is 1.85. The Morgan fingerprint density at radius 1 is 1.17 bits per heavy atom. The van der Waals surface area contributed by atoms with Crippen LogP contribution in [0, 0.1) is 5.41 Å². The van der Waals surface area contributed by atoms with Gasteiger partial charge in [-0.25, -0.2) is 0 Å². The third kappa shape index (κ3) is 7.25. The second kappa shape index (κ2) is 12.3. The molecule has 0 amide bonds. The van der Waals surface area contributed by atoms with Crippen molar-refractivity contribution in [2.75, 3.05) is 53.1 Å². The Bertz CT molecular complexity index is 652. The molecule has 0 atom stereocenters. The summed E-state index contributed by atoms with van der Waals surface area (Å²) >= 11 is 0. The fraction of sp³-hybridized carbons (Fsp3) is 0.708. The average Bonchev–Trinajstić information content (AvgIpc) is 3.24. The molecule has 1 heterocycles. The van der Waals surface area contributed by atoms with Gasteiger partial charge in [0.05, 0.1) is 13.2 Å². The maximum Gasteiger partial charge on any atom is 0.191 e. The number of benzene rings is 1. The van der Waals surface area contributed by atoms with Crippen molar-refractivity contribution >= 4 is 5.96 Å². The topological polar surface area (TPSA) is 58.1 Å². The summed E-state index contributed by atoms with van der Waals surface area (Å²) < 4.78 is 11.1. The van der Waals surface area contributed by atoms with Crippen LogP contribution in [0.3, 0.4) is 0 Å². The largest absolute Gasteiger partial charge is 0.382 e. The normalized spacial score (nSPS) is 19.7. The van der Waals surface area contributed by atoms with E-state index in [0.29, 0.717) is 5.41 Å². The molecule has 1 saturated carbocycles. The van der Waals surface area contributed by atoms with Crippen LogP contribution in [0.5, 0.6) is 0 Å². The van der Waals surface area contributed by atoms with Gasteiger partial charge in [-0.15, -0.1) is 0 Å². The summed E-state index contributed by atoms with van der Waals surface area (Å²) in [6.07, 6.45) is 6.36. The number of hydrogen-bond acceptors (Lipinski definition) is 4. The number of rotatable bonds is 10. The highest BCUT2D eigenvalue weighted by Gasteiger charge is 2.33. The molecule has 1 aliphatic carbocycles. The molecule has 0 spiro atoms. The van der Waals surface area contributed by atoms with Crippen molar-refractivity contribution in [1.29, 1.82) is 0 Å². The first kappa shape index (κ1) is 23.0. The van der Waals surface area contributed by atoms with E-state index in [2.05, 4.69) is 51.7 Å². The maximum absolute atomic E-state index is 5.64. The summed E-state index contributed by atoms with van der Waals surface area (Å²) in [5, 5.41) is 7.09. The van der Waals surface area contributed by atoms with Crippen LogP contribution in [-0.2, 0) is 22.6 Å². The van der Waals surface area contributed by atoms with E-state index in [1.54, 1.807) is 0 Å². The van der Waals surface area contributed by atoms with Crippen molar-refractivity contribution in [2.45, 2.75) is 52.1 Å². The van der Waals surface area contributed by atoms with Crippen LogP contribution in [0.25, 0.3) is 0 Å². The Morgan fingerprint density at radius 3 is 2.67 bits per heavy atom. The minimum Gasteiger partial charge on any atom is -0.382 e. The van der Waals surface area contributed by atoms with Crippen LogP contribution < -0.4 is 10.6 Å². The molecule has 6 nitrogen and oxygen atoms in total. The number of nitrogens with one attached hydrogen (secondary N) is 2. The molecule has 1 saturated heterocycles. The van der Waals surface area contributed by atoms with Crippen LogP contribution in [0.15, 0.2) is 29.3 Å². The lowest BCUT2D eigenvalue weighted by molar-refractivity contribution is 0.0342. The Kier molecular flexibility index (Phi) is 9.43. The van der Waals surface area contributed by atoms with Crippen molar-refractivity contribution in [2.24, 2.45) is 10.4 Å². The zero-order chi connectivity index (χ0) is 21.1. The minimum atomic E-state index is 0.352. The van der Waals surface area contributed by atoms with E-state index in [4.69, 9.17) is 9.47 Å². The Balaban J connectivity index is 1.47. The van der Waals surface area contributed by atoms with Crippen molar-refractivity contribution in [1.82, 2.24) is 15.5 Å². The third-order valence-electron chi connectivity index (χ3n) is 6.46. The molecule has 0 bridgehead atoms. The van der Waals surface area contributed by atoms with E-state index in [9.17, 15) is 0 Å². The molecular formula is C24H40N4O2. The maximum atomic E-state index is 5.64. The highest BCUT2D eigenvalue weighted by Crippen LogP contribution is 2.40. The Morgan fingerprint density at radius 2 is 1.93 bits per heavy atom. The Hall–Kier alpha value is -1.63. The van der Waals surface area contributed by atoms with Gasteiger partial charge in [-0.3, -0.25) is 9.89 Å². The van der Waals surface area contributed by atoms with Gasteiger partial charge in [0.15, 0.2) is 5.96 Å². The van der Waals surface area contributed by atoms with Crippen molar-refractivity contribution < 1.29 is 9.47 Å². The number of ether oxygens (including phenoxy) is 2. The van der Waals surface area contributed by atoms with Crippen molar-refractivity contribution in [3.8, 4) is 0 Å². The van der Waals surface area contributed by atoms with Crippen LogP contribution in [0.1, 0.15) is 50.2 Å². The molecule has 3 rings (SSSR count). The minimum absolute atomic E-state index is 0.352. The number of morpholine rings is 1. The van der Waals surface area contributed by atoms with Gasteiger partial charge in [-0.1, -0.05) is 37.1 Å². The summed E-state index contributed by atoms with van der Waals surface area (Å²) in [4.78, 5) is 6.91. The standard InChI is InChI=1S/C24H40N4O2/c1-3-29-14-11-24(9-4-5-10-24)20-27-23(25-2)26-18-21-7-6-8-22(17-21)19-28-12-15-30-16-13-28/h6-8,17H,3-5,9-16,18-20H2,1-2H3,(H2,25,26,27). The monoisotopic (exact) mass is 416 g/mol. The van der Waals surface area contributed by atoms with E-state index in [0.717, 1.165) is 71.5 Å². The SMILES string of the molecule is CCOCCC1(CNC(=NC)NCc2cccc(CN3CCOCC3)c2)CCCC1. The van der Waals surface area contributed by atoms with Gasteiger partial charge < -0.3 is 20.1 Å². The molecule has 6 heteroatoms. The first-order valence-electron chi connectivity index (χ1n) is 11.6. The first-order valence-corrected chi connectivity index (χ1v) is 11.6. The van der Waals surface area contributed by atoms with Crippen molar-refractivity contribution in [3.63, 3.8) is 0 Å². The molecule has 1 aromatic rings. The molecule has 1 aromatic carbocycles. The van der Waals surface area contributed by atoms with Gasteiger partial charge in [-0.05, 0) is 42.7 Å². The van der Waals surface area contributed by atoms with Gasteiger partial charge in [0.2, 0.25) is 0 Å². The number of nitrogens with zero attached hydrogens (tertiary/aromatic N) is 2. The third-order valence-corrected chi connectivity index (χ3v) is 6.46. The number of aliphatic imine (C=N–C) groups is 1. The van der Waals surface area contributed by atoms with Gasteiger partial charge in [0.25, 0.3) is 0 Å². The van der Waals surface area contributed by atoms with E-state index in [1.807, 2.05) is 7.05 Å². The predicted octanol–water partition coefficient (Wildman–Crippen LogP) is 3.17. The summed E-state index contributed by atoms with van der Waals surface area (Å²) in [6, 6.07) is 8.86. The molecule has 0 aromatic heterocycles. The van der Waals surface area contributed by atoms with Gasteiger partial charge in [0.1, 0.15) is 0 Å². The highest BCUT2D eigenvalue weighted by atomic mass is 16.5. The molecular weight excluding hydrogens is 376 g/mol. The first-order chi connectivity index (χ1) is 14.7. The van der Waals surface area contributed by atoms with E-state index in [-0.39, 0.29) is 0 Å². The predicted molar refractivity (Wildman–Crippen MR) is 123 cm³/mol. The van der Waals surface area contributed by atoms with E-state index >= 15 is 0 Å².